The monoisotopic (exact) mass is 163 g/mol. The van der Waals surface area contributed by atoms with Gasteiger partial charge in [0.2, 0.25) is 0 Å². The third-order valence-electron chi connectivity index (χ3n) is 1.59. The van der Waals surface area contributed by atoms with Crippen LogP contribution in [0.25, 0.3) is 0 Å². The summed E-state index contributed by atoms with van der Waals surface area (Å²) in [7, 11) is 0. The molecule has 0 saturated heterocycles. The Morgan fingerprint density at radius 2 is 2.33 bits per heavy atom. The first-order valence-electron chi connectivity index (χ1n) is 4.04. The zero-order valence-electron chi connectivity index (χ0n) is 7.17. The van der Waals surface area contributed by atoms with Gasteiger partial charge in [0.05, 0.1) is 0 Å². The van der Waals surface area contributed by atoms with Gasteiger partial charge in [-0.05, 0) is 18.6 Å². The van der Waals surface area contributed by atoms with Crippen LogP contribution in [0.5, 0.6) is 0 Å². The van der Waals surface area contributed by atoms with E-state index in [2.05, 4.69) is 11.9 Å². The van der Waals surface area contributed by atoms with E-state index >= 15 is 0 Å². The number of nitrogen functional groups attached to an aromatic ring is 1. The van der Waals surface area contributed by atoms with Gasteiger partial charge >= 0.3 is 0 Å². The number of nitrogens with one attached hydrogen (secondary N) is 1. The standard InChI is InChI=1S/C9H13N3/c1-2-4-7-5-3-6-8(12-7)9(10)11/h3,5-6H,2,4H2,1H3,(H3,10,11). The van der Waals surface area contributed by atoms with Crippen molar-refractivity contribution in [1.29, 1.82) is 5.41 Å². The minimum atomic E-state index is 0.0351. The van der Waals surface area contributed by atoms with Gasteiger partial charge in [0, 0.05) is 5.69 Å². The van der Waals surface area contributed by atoms with Gasteiger partial charge in [0.25, 0.3) is 0 Å². The second-order valence-corrected chi connectivity index (χ2v) is 2.68. The highest BCUT2D eigenvalue weighted by atomic mass is 14.8. The number of nitrogens with zero attached hydrogens (tertiary/aromatic N) is 1. The van der Waals surface area contributed by atoms with Crippen molar-refractivity contribution in [2.75, 3.05) is 0 Å². The van der Waals surface area contributed by atoms with Crippen LogP contribution in [0.2, 0.25) is 0 Å². The minimum Gasteiger partial charge on any atom is -0.382 e. The first-order valence-corrected chi connectivity index (χ1v) is 4.04. The number of hydrogen-bond donors (Lipinski definition) is 2. The lowest BCUT2D eigenvalue weighted by atomic mass is 10.2. The number of hydrogen-bond acceptors (Lipinski definition) is 2. The lowest BCUT2D eigenvalue weighted by molar-refractivity contribution is 0.880. The van der Waals surface area contributed by atoms with E-state index in [1.165, 1.54) is 0 Å². The summed E-state index contributed by atoms with van der Waals surface area (Å²) in [6.07, 6.45) is 2.01. The fraction of sp³-hybridized carbons (Fsp3) is 0.333. The molecule has 64 valence electrons. The van der Waals surface area contributed by atoms with E-state index in [1.54, 1.807) is 6.07 Å². The van der Waals surface area contributed by atoms with E-state index in [-0.39, 0.29) is 5.84 Å². The molecule has 12 heavy (non-hydrogen) atoms. The Bertz CT molecular complexity index is 281. The highest BCUT2D eigenvalue weighted by Gasteiger charge is 1.98. The molecule has 0 spiro atoms. The number of nitrogens with two attached hydrogens (primary N) is 1. The van der Waals surface area contributed by atoms with Crippen LogP contribution >= 0.6 is 0 Å². The quantitative estimate of drug-likeness (QED) is 0.521. The molecule has 3 N–H and O–H groups in total. The maximum absolute atomic E-state index is 7.18. The van der Waals surface area contributed by atoms with Crippen molar-refractivity contribution in [2.45, 2.75) is 19.8 Å². The van der Waals surface area contributed by atoms with E-state index < -0.39 is 0 Å². The fourth-order valence-corrected chi connectivity index (χ4v) is 1.02. The van der Waals surface area contributed by atoms with Gasteiger partial charge in [-0.25, -0.2) is 4.98 Å². The molecule has 0 unspecified atom stereocenters. The number of aromatic nitrogens is 1. The lowest BCUT2D eigenvalue weighted by Crippen LogP contribution is -2.13. The summed E-state index contributed by atoms with van der Waals surface area (Å²) in [5, 5.41) is 7.18. The second kappa shape index (κ2) is 3.85. The van der Waals surface area contributed by atoms with Crippen LogP contribution in [0, 0.1) is 5.41 Å². The Balaban J connectivity index is 2.88. The molecule has 1 aromatic heterocycles. The van der Waals surface area contributed by atoms with E-state index in [1.807, 2.05) is 12.1 Å². The summed E-state index contributed by atoms with van der Waals surface area (Å²) in [5.74, 6) is 0.0351. The molecule has 0 amide bonds. The van der Waals surface area contributed by atoms with Gasteiger partial charge in [-0.2, -0.15) is 0 Å². The van der Waals surface area contributed by atoms with Crippen molar-refractivity contribution < 1.29 is 0 Å². The zero-order chi connectivity index (χ0) is 8.97. The molecule has 0 aliphatic heterocycles. The molecule has 0 aromatic carbocycles. The second-order valence-electron chi connectivity index (χ2n) is 2.68. The number of amidine groups is 1. The molecular weight excluding hydrogens is 150 g/mol. The molecule has 1 rings (SSSR count). The van der Waals surface area contributed by atoms with Gasteiger partial charge in [0.1, 0.15) is 11.5 Å². The maximum Gasteiger partial charge on any atom is 0.141 e. The summed E-state index contributed by atoms with van der Waals surface area (Å²) in [5.41, 5.74) is 6.87. The van der Waals surface area contributed by atoms with Gasteiger partial charge in [-0.3, -0.25) is 5.41 Å². The van der Waals surface area contributed by atoms with Crippen LogP contribution in [-0.2, 0) is 6.42 Å². The smallest absolute Gasteiger partial charge is 0.141 e. The SMILES string of the molecule is CCCc1cccc(C(=N)N)n1. The molecular formula is C9H13N3. The minimum absolute atomic E-state index is 0.0351. The third kappa shape index (κ3) is 2.05. The zero-order valence-corrected chi connectivity index (χ0v) is 7.17. The van der Waals surface area contributed by atoms with Crippen molar-refractivity contribution in [3.05, 3.63) is 29.6 Å². The van der Waals surface area contributed by atoms with Crippen LogP contribution in [0.15, 0.2) is 18.2 Å². The molecule has 0 radical (unpaired) electrons. The average Bonchev–Trinajstić information content (AvgIpc) is 2.05. The van der Waals surface area contributed by atoms with Crippen molar-refractivity contribution in [2.24, 2.45) is 5.73 Å². The van der Waals surface area contributed by atoms with Gasteiger partial charge in [-0.15, -0.1) is 0 Å². The Morgan fingerprint density at radius 1 is 1.58 bits per heavy atom. The molecule has 0 fully saturated rings. The molecule has 0 saturated carbocycles. The maximum atomic E-state index is 7.18. The van der Waals surface area contributed by atoms with Crippen molar-refractivity contribution in [1.82, 2.24) is 4.98 Å². The topological polar surface area (TPSA) is 62.8 Å². The number of rotatable bonds is 3. The Labute approximate surface area is 72.1 Å². The van der Waals surface area contributed by atoms with Crippen LogP contribution in [-0.4, -0.2) is 10.8 Å². The highest BCUT2D eigenvalue weighted by molar-refractivity contribution is 5.92. The van der Waals surface area contributed by atoms with Crippen LogP contribution < -0.4 is 5.73 Å². The van der Waals surface area contributed by atoms with E-state index in [9.17, 15) is 0 Å². The predicted molar refractivity (Wildman–Crippen MR) is 49.2 cm³/mol. The predicted octanol–water partition coefficient (Wildman–Crippen LogP) is 1.32. The summed E-state index contributed by atoms with van der Waals surface area (Å²) in [4.78, 5) is 4.21. The van der Waals surface area contributed by atoms with Gasteiger partial charge in [-0.1, -0.05) is 19.4 Å². The molecule has 0 bridgehead atoms. The number of pyridine rings is 1. The Hall–Kier alpha value is -1.38. The molecule has 0 atom stereocenters. The Kier molecular flexibility index (Phi) is 2.80. The number of aryl methyl sites for hydroxylation is 1. The largest absolute Gasteiger partial charge is 0.382 e. The van der Waals surface area contributed by atoms with Gasteiger partial charge in [0.15, 0.2) is 0 Å². The molecule has 1 heterocycles. The molecule has 3 heteroatoms. The molecule has 0 aliphatic carbocycles. The molecule has 1 aromatic rings. The van der Waals surface area contributed by atoms with Crippen LogP contribution in [0.1, 0.15) is 24.7 Å². The summed E-state index contributed by atoms with van der Waals surface area (Å²) >= 11 is 0. The lowest BCUT2D eigenvalue weighted by Gasteiger charge is -2.00. The third-order valence-corrected chi connectivity index (χ3v) is 1.59. The summed E-state index contributed by atoms with van der Waals surface area (Å²) in [6.45, 7) is 2.10. The van der Waals surface area contributed by atoms with E-state index in [0.717, 1.165) is 18.5 Å². The highest BCUT2D eigenvalue weighted by Crippen LogP contribution is 2.01. The summed E-state index contributed by atoms with van der Waals surface area (Å²) in [6, 6.07) is 5.59. The average molecular weight is 163 g/mol. The Morgan fingerprint density at radius 3 is 2.92 bits per heavy atom. The summed E-state index contributed by atoms with van der Waals surface area (Å²) < 4.78 is 0. The van der Waals surface area contributed by atoms with Crippen LogP contribution in [0.4, 0.5) is 0 Å². The normalized spacial score (nSPS) is 9.75. The van der Waals surface area contributed by atoms with E-state index in [4.69, 9.17) is 11.1 Å². The van der Waals surface area contributed by atoms with Crippen LogP contribution in [0.3, 0.4) is 0 Å². The first-order chi connectivity index (χ1) is 5.74. The van der Waals surface area contributed by atoms with E-state index in [0.29, 0.717) is 5.69 Å². The molecule has 3 nitrogen and oxygen atoms in total. The van der Waals surface area contributed by atoms with Crippen molar-refractivity contribution >= 4 is 5.84 Å². The van der Waals surface area contributed by atoms with Gasteiger partial charge < -0.3 is 5.73 Å². The first kappa shape index (κ1) is 8.71. The van der Waals surface area contributed by atoms with Crippen molar-refractivity contribution in [3.8, 4) is 0 Å². The van der Waals surface area contributed by atoms with Crippen molar-refractivity contribution in [3.63, 3.8) is 0 Å². The fourth-order valence-electron chi connectivity index (χ4n) is 1.02. The molecule has 0 aliphatic rings.